The van der Waals surface area contributed by atoms with Crippen LogP contribution in [0.2, 0.25) is 0 Å². The molecule has 3 fully saturated rings. The Morgan fingerprint density at radius 1 is 1.13 bits per heavy atom. The summed E-state index contributed by atoms with van der Waals surface area (Å²) in [5, 5.41) is 3.57. The number of methoxy groups -OCH3 is 1. The number of rotatable bonds is 9. The van der Waals surface area contributed by atoms with Crippen molar-refractivity contribution in [1.29, 1.82) is 0 Å². The fourth-order valence-corrected chi connectivity index (χ4v) is 5.93. The molecule has 1 unspecified atom stereocenters. The van der Waals surface area contributed by atoms with E-state index in [1.807, 2.05) is 0 Å². The zero-order valence-electron chi connectivity index (χ0n) is 19.1. The fourth-order valence-electron chi connectivity index (χ4n) is 5.02. The van der Waals surface area contributed by atoms with Gasteiger partial charge in [-0.25, -0.2) is 0 Å². The van der Waals surface area contributed by atoms with E-state index < -0.39 is 0 Å². The highest BCUT2D eigenvalue weighted by Gasteiger charge is 2.38. The van der Waals surface area contributed by atoms with Gasteiger partial charge in [-0.15, -0.1) is 24.0 Å². The van der Waals surface area contributed by atoms with E-state index in [4.69, 9.17) is 14.5 Å². The maximum atomic E-state index is 5.78. The summed E-state index contributed by atoms with van der Waals surface area (Å²) in [7, 11) is 1.72. The van der Waals surface area contributed by atoms with Crippen molar-refractivity contribution < 1.29 is 9.47 Å². The van der Waals surface area contributed by atoms with Crippen LogP contribution in [0.15, 0.2) is 4.99 Å². The minimum Gasteiger partial charge on any atom is -0.382 e. The monoisotopic (exact) mass is 554 g/mol. The molecule has 176 valence electrons. The zero-order valence-corrected chi connectivity index (χ0v) is 22.2. The second kappa shape index (κ2) is 14.4. The van der Waals surface area contributed by atoms with E-state index in [0.717, 1.165) is 38.7 Å². The molecule has 30 heavy (non-hydrogen) atoms. The van der Waals surface area contributed by atoms with Crippen molar-refractivity contribution >= 4 is 41.7 Å². The van der Waals surface area contributed by atoms with Gasteiger partial charge in [-0.3, -0.25) is 9.89 Å². The van der Waals surface area contributed by atoms with Gasteiger partial charge in [0.25, 0.3) is 0 Å². The van der Waals surface area contributed by atoms with Gasteiger partial charge < -0.3 is 19.7 Å². The van der Waals surface area contributed by atoms with Gasteiger partial charge in [0.1, 0.15) is 0 Å². The molecule has 1 atom stereocenters. The molecule has 2 aliphatic heterocycles. The first-order valence-corrected chi connectivity index (χ1v) is 12.9. The maximum absolute atomic E-state index is 5.78. The molecule has 1 saturated carbocycles. The normalized spacial score (nSPS) is 25.2. The standard InChI is InChI=1S/C22H42N4O2S.HI/c1-3-23-21(25-10-7-20(17-25)18-28-14-13-27-2)24-19-22(8-5-4-6-9-22)26-11-15-29-16-12-26;/h20H,3-19H2,1-2H3,(H,23,24);1H. The highest BCUT2D eigenvalue weighted by molar-refractivity contribution is 14.0. The molecule has 3 rings (SSSR count). The third-order valence-electron chi connectivity index (χ3n) is 6.69. The minimum absolute atomic E-state index is 0. The second-order valence-corrected chi connectivity index (χ2v) is 9.95. The van der Waals surface area contributed by atoms with Crippen molar-refractivity contribution in [3.05, 3.63) is 0 Å². The van der Waals surface area contributed by atoms with Gasteiger partial charge in [0.05, 0.1) is 26.4 Å². The molecular formula is C22H43IN4O2S. The molecule has 0 aromatic heterocycles. The molecule has 6 nitrogen and oxygen atoms in total. The molecular weight excluding hydrogens is 511 g/mol. The number of halogens is 1. The van der Waals surface area contributed by atoms with Crippen LogP contribution >= 0.6 is 35.7 Å². The van der Waals surface area contributed by atoms with Crippen LogP contribution in [0, 0.1) is 5.92 Å². The number of guanidine groups is 1. The molecule has 0 radical (unpaired) electrons. The summed E-state index contributed by atoms with van der Waals surface area (Å²) < 4.78 is 10.9. The Hall–Kier alpha value is 0.230. The van der Waals surface area contributed by atoms with E-state index in [2.05, 4.69) is 33.8 Å². The molecule has 0 aromatic carbocycles. The van der Waals surface area contributed by atoms with Crippen LogP contribution in [0.5, 0.6) is 0 Å². The second-order valence-electron chi connectivity index (χ2n) is 8.72. The zero-order chi connectivity index (χ0) is 20.4. The van der Waals surface area contributed by atoms with Crippen molar-refractivity contribution in [2.75, 3.05) is 77.7 Å². The Morgan fingerprint density at radius 3 is 2.60 bits per heavy atom. The Labute approximate surface area is 205 Å². The summed E-state index contributed by atoms with van der Waals surface area (Å²) in [4.78, 5) is 10.5. The third-order valence-corrected chi connectivity index (χ3v) is 7.64. The summed E-state index contributed by atoms with van der Waals surface area (Å²) >= 11 is 2.11. The molecule has 3 aliphatic rings. The van der Waals surface area contributed by atoms with Crippen LogP contribution < -0.4 is 5.32 Å². The first-order valence-electron chi connectivity index (χ1n) is 11.7. The van der Waals surface area contributed by atoms with Crippen LogP contribution in [-0.2, 0) is 9.47 Å². The SMILES string of the molecule is CCNC(=NCC1(N2CCSCC2)CCCCC1)N1CCC(COCCOC)C1.I. The highest BCUT2D eigenvalue weighted by atomic mass is 127. The Bertz CT molecular complexity index is 500. The molecule has 0 spiro atoms. The number of aliphatic imine (C=N–C) groups is 1. The summed E-state index contributed by atoms with van der Waals surface area (Å²) in [6, 6.07) is 0. The van der Waals surface area contributed by atoms with Crippen molar-refractivity contribution in [3.8, 4) is 0 Å². The molecule has 8 heteroatoms. The number of hydrogen-bond acceptors (Lipinski definition) is 5. The molecule has 1 N–H and O–H groups in total. The fraction of sp³-hybridized carbons (Fsp3) is 0.955. The van der Waals surface area contributed by atoms with E-state index >= 15 is 0 Å². The third kappa shape index (κ3) is 7.67. The molecule has 1 aliphatic carbocycles. The first kappa shape index (κ1) is 26.5. The number of nitrogens with zero attached hydrogens (tertiary/aromatic N) is 3. The summed E-state index contributed by atoms with van der Waals surface area (Å²) in [6.07, 6.45) is 7.94. The number of nitrogens with one attached hydrogen (secondary N) is 1. The van der Waals surface area contributed by atoms with E-state index in [9.17, 15) is 0 Å². The van der Waals surface area contributed by atoms with Crippen molar-refractivity contribution in [3.63, 3.8) is 0 Å². The van der Waals surface area contributed by atoms with Crippen LogP contribution in [-0.4, -0.2) is 99.0 Å². The Kier molecular flexibility index (Phi) is 12.7. The van der Waals surface area contributed by atoms with E-state index in [1.165, 1.54) is 63.1 Å². The quantitative estimate of drug-likeness (QED) is 0.204. The maximum Gasteiger partial charge on any atom is 0.193 e. The van der Waals surface area contributed by atoms with E-state index in [1.54, 1.807) is 7.11 Å². The lowest BCUT2D eigenvalue weighted by atomic mass is 9.80. The van der Waals surface area contributed by atoms with Gasteiger partial charge >= 0.3 is 0 Å². The minimum atomic E-state index is 0. The summed E-state index contributed by atoms with van der Waals surface area (Å²) in [6.45, 7) is 10.9. The molecule has 0 bridgehead atoms. The Morgan fingerprint density at radius 2 is 1.90 bits per heavy atom. The predicted octanol–water partition coefficient (Wildman–Crippen LogP) is 3.31. The average molecular weight is 555 g/mol. The smallest absolute Gasteiger partial charge is 0.193 e. The van der Waals surface area contributed by atoms with Crippen LogP contribution in [0.1, 0.15) is 45.4 Å². The van der Waals surface area contributed by atoms with Gasteiger partial charge in [0, 0.05) is 62.8 Å². The molecule has 2 heterocycles. The summed E-state index contributed by atoms with van der Waals surface area (Å²) in [5.74, 6) is 4.27. The van der Waals surface area contributed by atoms with Crippen LogP contribution in [0.4, 0.5) is 0 Å². The van der Waals surface area contributed by atoms with E-state index in [-0.39, 0.29) is 24.0 Å². The van der Waals surface area contributed by atoms with E-state index in [0.29, 0.717) is 24.7 Å². The van der Waals surface area contributed by atoms with Gasteiger partial charge in [-0.05, 0) is 26.2 Å². The van der Waals surface area contributed by atoms with Gasteiger partial charge in [-0.2, -0.15) is 11.8 Å². The van der Waals surface area contributed by atoms with Crippen molar-refractivity contribution in [2.24, 2.45) is 10.9 Å². The number of likely N-dealkylation sites (tertiary alicyclic amines) is 1. The highest BCUT2D eigenvalue weighted by Crippen LogP contribution is 2.35. The van der Waals surface area contributed by atoms with Gasteiger partial charge in [0.2, 0.25) is 0 Å². The topological polar surface area (TPSA) is 49.3 Å². The first-order chi connectivity index (χ1) is 14.3. The molecule has 0 aromatic rings. The lowest BCUT2D eigenvalue weighted by molar-refractivity contribution is 0.0535. The number of ether oxygens (including phenoxy) is 2. The Balaban J connectivity index is 0.00000320. The molecule has 2 saturated heterocycles. The number of hydrogen-bond donors (Lipinski definition) is 1. The lowest BCUT2D eigenvalue weighted by Crippen LogP contribution is -2.55. The molecule has 0 amide bonds. The summed E-state index contributed by atoms with van der Waals surface area (Å²) in [5.41, 5.74) is 0.294. The van der Waals surface area contributed by atoms with Crippen LogP contribution in [0.25, 0.3) is 0 Å². The number of thioether (sulfide) groups is 1. The van der Waals surface area contributed by atoms with Crippen LogP contribution in [0.3, 0.4) is 0 Å². The van der Waals surface area contributed by atoms with Gasteiger partial charge in [0.15, 0.2) is 5.96 Å². The van der Waals surface area contributed by atoms with Crippen molar-refractivity contribution in [2.45, 2.75) is 51.0 Å². The lowest BCUT2D eigenvalue weighted by Gasteiger charge is -2.47. The largest absolute Gasteiger partial charge is 0.382 e. The van der Waals surface area contributed by atoms with Gasteiger partial charge in [-0.1, -0.05) is 19.3 Å². The van der Waals surface area contributed by atoms with Crippen molar-refractivity contribution in [1.82, 2.24) is 15.1 Å². The predicted molar refractivity (Wildman–Crippen MR) is 138 cm³/mol. The average Bonchev–Trinajstić information content (AvgIpc) is 3.24.